The first-order chi connectivity index (χ1) is 11.8. The van der Waals surface area contributed by atoms with Crippen LogP contribution >= 0.6 is 11.3 Å². The Morgan fingerprint density at radius 1 is 1.28 bits per heavy atom. The van der Waals surface area contributed by atoms with Crippen molar-refractivity contribution in [1.29, 1.82) is 0 Å². The number of nitrogens with one attached hydrogen (secondary N) is 2. The van der Waals surface area contributed by atoms with Crippen LogP contribution in [0.3, 0.4) is 0 Å². The summed E-state index contributed by atoms with van der Waals surface area (Å²) in [4.78, 5) is 7.91. The van der Waals surface area contributed by atoms with Gasteiger partial charge in [-0.05, 0) is 31.0 Å². The Hall–Kier alpha value is -2.16. The summed E-state index contributed by atoms with van der Waals surface area (Å²) in [6.07, 6.45) is -4.44. The molecule has 4 nitrogen and oxygen atoms in total. The molecule has 0 fully saturated rings. The number of rotatable bonds is 5. The minimum Gasteiger partial charge on any atom is -0.357 e. The minimum absolute atomic E-state index is 0.134. The van der Waals surface area contributed by atoms with Gasteiger partial charge < -0.3 is 10.6 Å². The van der Waals surface area contributed by atoms with Crippen molar-refractivity contribution in [1.82, 2.24) is 15.6 Å². The van der Waals surface area contributed by atoms with E-state index in [2.05, 4.69) is 20.6 Å². The summed E-state index contributed by atoms with van der Waals surface area (Å²) >= 11 is 0.936. The van der Waals surface area contributed by atoms with Crippen LogP contribution in [-0.4, -0.2) is 17.5 Å². The molecular formula is C16H18F4N4S. The van der Waals surface area contributed by atoms with Gasteiger partial charge in [-0.3, -0.25) is 0 Å². The number of hydrogen-bond donors (Lipinski definition) is 2. The van der Waals surface area contributed by atoms with Crippen molar-refractivity contribution in [2.45, 2.75) is 33.1 Å². The number of nitrogens with zero attached hydrogens (tertiary/aromatic N) is 2. The predicted molar refractivity (Wildman–Crippen MR) is 89.9 cm³/mol. The van der Waals surface area contributed by atoms with Crippen LogP contribution in [0.1, 0.15) is 28.8 Å². The van der Waals surface area contributed by atoms with E-state index in [1.807, 2.05) is 6.92 Å². The Balaban J connectivity index is 1.99. The second kappa shape index (κ2) is 8.28. The molecule has 0 bridgehead atoms. The molecule has 0 spiro atoms. The highest BCUT2D eigenvalue weighted by Gasteiger charge is 2.33. The highest BCUT2D eigenvalue weighted by atomic mass is 32.1. The lowest BCUT2D eigenvalue weighted by molar-refractivity contribution is -0.140. The molecule has 0 atom stereocenters. The van der Waals surface area contributed by atoms with Crippen LogP contribution in [0.15, 0.2) is 28.6 Å². The van der Waals surface area contributed by atoms with E-state index in [4.69, 9.17) is 0 Å². The van der Waals surface area contributed by atoms with E-state index in [9.17, 15) is 17.6 Å². The third kappa shape index (κ3) is 5.70. The number of guanidine groups is 1. The van der Waals surface area contributed by atoms with Crippen LogP contribution in [0.25, 0.3) is 0 Å². The third-order valence-electron chi connectivity index (χ3n) is 3.24. The fourth-order valence-corrected chi connectivity index (χ4v) is 2.74. The molecule has 136 valence electrons. The van der Waals surface area contributed by atoms with E-state index >= 15 is 0 Å². The van der Waals surface area contributed by atoms with E-state index in [0.29, 0.717) is 29.6 Å². The summed E-state index contributed by atoms with van der Waals surface area (Å²) in [5.74, 6) is 0.176. The molecule has 0 amide bonds. The standard InChI is InChI=1S/C16H18F4N4S/c1-3-21-15(22-7-11-4-5-12(17)10(2)6-11)23-8-14-24-13(9-25-14)16(18,19)20/h4-6,9H,3,7-8H2,1-2H3,(H2,21,22,23). The molecule has 1 heterocycles. The quantitative estimate of drug-likeness (QED) is 0.475. The maximum absolute atomic E-state index is 13.3. The Morgan fingerprint density at radius 3 is 2.64 bits per heavy atom. The summed E-state index contributed by atoms with van der Waals surface area (Å²) in [6, 6.07) is 4.74. The highest BCUT2D eigenvalue weighted by Crippen LogP contribution is 2.29. The van der Waals surface area contributed by atoms with Crippen molar-refractivity contribution < 1.29 is 17.6 Å². The Labute approximate surface area is 147 Å². The number of hydrogen-bond acceptors (Lipinski definition) is 3. The van der Waals surface area contributed by atoms with E-state index < -0.39 is 11.9 Å². The third-order valence-corrected chi connectivity index (χ3v) is 4.08. The van der Waals surface area contributed by atoms with Gasteiger partial charge in [0.15, 0.2) is 11.7 Å². The molecule has 0 aliphatic rings. The number of aryl methyl sites for hydroxylation is 1. The van der Waals surface area contributed by atoms with E-state index in [1.165, 1.54) is 6.07 Å². The normalized spacial score (nSPS) is 12.3. The molecule has 0 saturated carbocycles. The zero-order chi connectivity index (χ0) is 18.4. The maximum atomic E-state index is 13.3. The second-order valence-electron chi connectivity index (χ2n) is 5.26. The fraction of sp³-hybridized carbons (Fsp3) is 0.375. The topological polar surface area (TPSA) is 49.3 Å². The van der Waals surface area contributed by atoms with Gasteiger partial charge in [-0.15, -0.1) is 11.3 Å². The SMILES string of the molecule is CCNC(=NCc1ccc(F)c(C)c1)NCc1nc(C(F)(F)F)cs1. The zero-order valence-corrected chi connectivity index (χ0v) is 14.6. The summed E-state index contributed by atoms with van der Waals surface area (Å²) in [6.45, 7) is 4.61. The summed E-state index contributed by atoms with van der Waals surface area (Å²) in [5.41, 5.74) is 0.482. The second-order valence-corrected chi connectivity index (χ2v) is 6.20. The van der Waals surface area contributed by atoms with Gasteiger partial charge in [-0.2, -0.15) is 13.2 Å². The number of benzene rings is 1. The summed E-state index contributed by atoms with van der Waals surface area (Å²) in [7, 11) is 0. The minimum atomic E-state index is -4.44. The number of halogens is 4. The van der Waals surface area contributed by atoms with E-state index in [-0.39, 0.29) is 12.4 Å². The smallest absolute Gasteiger partial charge is 0.357 e. The molecular weight excluding hydrogens is 356 g/mol. The van der Waals surface area contributed by atoms with Crippen molar-refractivity contribution in [3.63, 3.8) is 0 Å². The molecule has 0 unspecified atom stereocenters. The van der Waals surface area contributed by atoms with Crippen molar-refractivity contribution in [3.8, 4) is 0 Å². The lowest BCUT2D eigenvalue weighted by Crippen LogP contribution is -2.36. The van der Waals surface area contributed by atoms with Crippen LogP contribution in [0.4, 0.5) is 17.6 Å². The first kappa shape index (κ1) is 19.2. The van der Waals surface area contributed by atoms with Gasteiger partial charge in [-0.25, -0.2) is 14.4 Å². The van der Waals surface area contributed by atoms with Crippen molar-refractivity contribution in [2.24, 2.45) is 4.99 Å². The molecule has 25 heavy (non-hydrogen) atoms. The van der Waals surface area contributed by atoms with Crippen LogP contribution in [0, 0.1) is 12.7 Å². The Kier molecular flexibility index (Phi) is 6.35. The maximum Gasteiger partial charge on any atom is 0.434 e. The Bertz CT molecular complexity index is 740. The van der Waals surface area contributed by atoms with Gasteiger partial charge in [0.05, 0.1) is 13.1 Å². The van der Waals surface area contributed by atoms with Crippen LogP contribution in [0.5, 0.6) is 0 Å². The van der Waals surface area contributed by atoms with E-state index in [0.717, 1.165) is 22.3 Å². The fourth-order valence-electron chi connectivity index (χ4n) is 2.00. The van der Waals surface area contributed by atoms with Gasteiger partial charge in [0.25, 0.3) is 0 Å². The van der Waals surface area contributed by atoms with E-state index in [1.54, 1.807) is 19.1 Å². The van der Waals surface area contributed by atoms with Gasteiger partial charge in [0.2, 0.25) is 0 Å². The van der Waals surface area contributed by atoms with Crippen LogP contribution in [-0.2, 0) is 19.3 Å². The van der Waals surface area contributed by atoms with Crippen molar-refractivity contribution in [2.75, 3.05) is 6.54 Å². The van der Waals surface area contributed by atoms with Crippen molar-refractivity contribution >= 4 is 17.3 Å². The van der Waals surface area contributed by atoms with Crippen LogP contribution in [0.2, 0.25) is 0 Å². The van der Waals surface area contributed by atoms with Crippen molar-refractivity contribution in [3.05, 3.63) is 51.2 Å². The zero-order valence-electron chi connectivity index (χ0n) is 13.7. The molecule has 9 heteroatoms. The molecule has 2 rings (SSSR count). The summed E-state index contributed by atoms with van der Waals surface area (Å²) in [5, 5.41) is 7.25. The Morgan fingerprint density at radius 2 is 2.04 bits per heavy atom. The van der Waals surface area contributed by atoms with Gasteiger partial charge in [0.1, 0.15) is 10.8 Å². The molecule has 2 N–H and O–H groups in total. The molecule has 2 aromatic rings. The number of aliphatic imine (C=N–C) groups is 1. The molecule has 0 saturated heterocycles. The number of thiazole rings is 1. The number of alkyl halides is 3. The summed E-state index contributed by atoms with van der Waals surface area (Å²) < 4.78 is 50.9. The average molecular weight is 374 g/mol. The predicted octanol–water partition coefficient (Wildman–Crippen LogP) is 3.86. The average Bonchev–Trinajstić information content (AvgIpc) is 3.02. The van der Waals surface area contributed by atoms with Crippen LogP contribution < -0.4 is 10.6 Å². The molecule has 0 aliphatic heterocycles. The molecule has 0 radical (unpaired) electrons. The first-order valence-electron chi connectivity index (χ1n) is 7.58. The lowest BCUT2D eigenvalue weighted by Gasteiger charge is -2.10. The monoisotopic (exact) mass is 374 g/mol. The molecule has 1 aromatic heterocycles. The highest BCUT2D eigenvalue weighted by molar-refractivity contribution is 7.09. The number of aromatic nitrogens is 1. The lowest BCUT2D eigenvalue weighted by atomic mass is 10.1. The first-order valence-corrected chi connectivity index (χ1v) is 8.46. The van der Waals surface area contributed by atoms with Gasteiger partial charge in [0, 0.05) is 11.9 Å². The van der Waals surface area contributed by atoms with Gasteiger partial charge in [-0.1, -0.05) is 12.1 Å². The van der Waals surface area contributed by atoms with Gasteiger partial charge >= 0.3 is 6.18 Å². The largest absolute Gasteiger partial charge is 0.434 e. The molecule has 0 aliphatic carbocycles. The molecule has 1 aromatic carbocycles.